The van der Waals surface area contributed by atoms with Crippen LogP contribution in [0.2, 0.25) is 0 Å². The van der Waals surface area contributed by atoms with Gasteiger partial charge in [0, 0.05) is 22.1 Å². The van der Waals surface area contributed by atoms with Crippen molar-refractivity contribution >= 4 is 17.6 Å². The summed E-state index contributed by atoms with van der Waals surface area (Å²) in [7, 11) is 0. The first-order valence-corrected chi connectivity index (χ1v) is 5.10. The van der Waals surface area contributed by atoms with E-state index in [1.807, 2.05) is 19.9 Å². The van der Waals surface area contributed by atoms with E-state index < -0.39 is 0 Å². The second kappa shape index (κ2) is 4.33. The van der Waals surface area contributed by atoms with E-state index in [-0.39, 0.29) is 0 Å². The number of nitrogens with zero attached hydrogens (tertiary/aromatic N) is 1. The highest BCUT2D eigenvalue weighted by molar-refractivity contribution is 8.04. The molecule has 0 aromatic carbocycles. The first-order valence-electron chi connectivity index (χ1n) is 4.12. The third-order valence-electron chi connectivity index (χ3n) is 1.69. The van der Waals surface area contributed by atoms with Crippen LogP contribution in [0, 0.1) is 0 Å². The Kier molecular flexibility index (Phi) is 3.37. The molecule has 2 nitrogen and oxygen atoms in total. The van der Waals surface area contributed by atoms with Crippen molar-refractivity contribution in [3.63, 3.8) is 0 Å². The molecule has 70 valence electrons. The molecule has 1 N–H and O–H groups in total. The van der Waals surface area contributed by atoms with Gasteiger partial charge >= 0.3 is 0 Å². The van der Waals surface area contributed by atoms with Crippen LogP contribution >= 0.6 is 11.8 Å². The van der Waals surface area contributed by atoms with Crippen LogP contribution in [0.5, 0.6) is 0 Å². The van der Waals surface area contributed by atoms with Crippen LogP contribution in [0.4, 0.5) is 0 Å². The van der Waals surface area contributed by atoms with Gasteiger partial charge in [0.15, 0.2) is 0 Å². The number of rotatable bonds is 1. The minimum Gasteiger partial charge on any atom is -0.343 e. The predicted molar refractivity (Wildman–Crippen MR) is 60.7 cm³/mol. The van der Waals surface area contributed by atoms with Gasteiger partial charge in [0.1, 0.15) is 5.84 Å². The molecule has 1 rings (SSSR count). The van der Waals surface area contributed by atoms with Gasteiger partial charge in [-0.25, -0.2) is 4.99 Å². The number of hydrogen-bond donors (Lipinski definition) is 1. The van der Waals surface area contributed by atoms with Crippen LogP contribution < -0.4 is 5.32 Å². The van der Waals surface area contributed by atoms with Gasteiger partial charge in [-0.05, 0) is 13.8 Å². The highest BCUT2D eigenvalue weighted by Crippen LogP contribution is 2.22. The molecule has 0 radical (unpaired) electrons. The molecule has 0 unspecified atom stereocenters. The van der Waals surface area contributed by atoms with Gasteiger partial charge in [0.2, 0.25) is 0 Å². The summed E-state index contributed by atoms with van der Waals surface area (Å²) in [5.74, 6) is 1.71. The zero-order chi connectivity index (χ0) is 9.84. The first-order chi connectivity index (χ1) is 6.13. The van der Waals surface area contributed by atoms with E-state index >= 15 is 0 Å². The average Bonchev–Trinajstić information content (AvgIpc) is 2.11. The highest BCUT2D eigenvalue weighted by Gasteiger charge is 2.13. The van der Waals surface area contributed by atoms with E-state index in [1.54, 1.807) is 11.8 Å². The number of aliphatic imine (C=N–C) groups is 1. The standard InChI is InChI=1S/C10H14N2S/c1-5-7(2)11-10-9(4)13-6-8(3)12-10/h5H,3-4,6H2,1-2H3,(H,11,12)/b7-5-. The maximum Gasteiger partial charge on any atom is 0.143 e. The molecule has 1 aliphatic rings. The van der Waals surface area contributed by atoms with Crippen molar-refractivity contribution in [1.82, 2.24) is 5.32 Å². The van der Waals surface area contributed by atoms with Crippen molar-refractivity contribution in [1.29, 1.82) is 0 Å². The summed E-state index contributed by atoms with van der Waals surface area (Å²) in [6.07, 6.45) is 1.96. The van der Waals surface area contributed by atoms with Crippen LogP contribution in [0.15, 0.2) is 40.5 Å². The topological polar surface area (TPSA) is 24.4 Å². The van der Waals surface area contributed by atoms with Crippen LogP contribution in [-0.4, -0.2) is 11.6 Å². The molecule has 0 spiro atoms. The van der Waals surface area contributed by atoms with Crippen LogP contribution in [0.3, 0.4) is 0 Å². The Morgan fingerprint density at radius 2 is 2.31 bits per heavy atom. The second-order valence-electron chi connectivity index (χ2n) is 2.83. The van der Waals surface area contributed by atoms with E-state index in [4.69, 9.17) is 0 Å². The summed E-state index contributed by atoms with van der Waals surface area (Å²) in [5, 5.41) is 3.13. The zero-order valence-corrected chi connectivity index (χ0v) is 8.87. The number of thioether (sulfide) groups is 1. The van der Waals surface area contributed by atoms with E-state index in [1.165, 1.54) is 0 Å². The molecule has 0 saturated carbocycles. The van der Waals surface area contributed by atoms with Crippen LogP contribution in [0.25, 0.3) is 0 Å². The van der Waals surface area contributed by atoms with Gasteiger partial charge in [-0.2, -0.15) is 0 Å². The number of nitrogens with one attached hydrogen (secondary N) is 1. The Morgan fingerprint density at radius 1 is 1.62 bits per heavy atom. The van der Waals surface area contributed by atoms with Crippen molar-refractivity contribution in [2.45, 2.75) is 13.8 Å². The molecular weight excluding hydrogens is 180 g/mol. The average molecular weight is 194 g/mol. The fourth-order valence-corrected chi connectivity index (χ4v) is 1.50. The molecule has 0 aliphatic carbocycles. The summed E-state index contributed by atoms with van der Waals surface area (Å²) < 4.78 is 0. The summed E-state index contributed by atoms with van der Waals surface area (Å²) >= 11 is 1.67. The Labute approximate surface area is 83.5 Å². The smallest absolute Gasteiger partial charge is 0.143 e. The molecule has 1 saturated heterocycles. The molecule has 0 aromatic heterocycles. The van der Waals surface area contributed by atoms with Crippen molar-refractivity contribution in [3.8, 4) is 0 Å². The lowest BCUT2D eigenvalue weighted by atomic mass is 10.4. The van der Waals surface area contributed by atoms with Crippen molar-refractivity contribution in [2.75, 3.05) is 5.75 Å². The molecule has 13 heavy (non-hydrogen) atoms. The molecule has 0 amide bonds. The molecule has 0 bridgehead atoms. The van der Waals surface area contributed by atoms with Crippen molar-refractivity contribution < 1.29 is 0 Å². The molecule has 1 fully saturated rings. The van der Waals surface area contributed by atoms with Gasteiger partial charge in [-0.3, -0.25) is 0 Å². The number of amidine groups is 1. The first kappa shape index (κ1) is 10.1. The third kappa shape index (κ3) is 2.77. The van der Waals surface area contributed by atoms with Gasteiger partial charge in [0.25, 0.3) is 0 Å². The normalized spacial score (nSPS) is 22.0. The zero-order valence-electron chi connectivity index (χ0n) is 8.05. The third-order valence-corrected chi connectivity index (χ3v) is 2.72. The Morgan fingerprint density at radius 3 is 2.92 bits per heavy atom. The molecule has 3 heteroatoms. The van der Waals surface area contributed by atoms with E-state index in [0.29, 0.717) is 0 Å². The lowest BCUT2D eigenvalue weighted by Crippen LogP contribution is -2.28. The number of allylic oxidation sites excluding steroid dienone is 2. The maximum absolute atomic E-state index is 4.37. The maximum atomic E-state index is 4.37. The Bertz CT molecular complexity index is 300. The fourth-order valence-electron chi connectivity index (χ4n) is 0.847. The summed E-state index contributed by atoms with van der Waals surface area (Å²) in [4.78, 5) is 5.35. The molecule has 0 atom stereocenters. The molecular formula is C10H14N2S. The lowest BCUT2D eigenvalue weighted by molar-refractivity contribution is 1.11. The van der Waals surface area contributed by atoms with Crippen LogP contribution in [0.1, 0.15) is 13.8 Å². The van der Waals surface area contributed by atoms with E-state index in [9.17, 15) is 0 Å². The minimum atomic E-state index is 0.830. The van der Waals surface area contributed by atoms with Gasteiger partial charge in [0.05, 0.1) is 0 Å². The Balaban J connectivity index is 2.82. The van der Waals surface area contributed by atoms with Gasteiger partial charge < -0.3 is 5.32 Å². The van der Waals surface area contributed by atoms with Crippen molar-refractivity contribution in [3.05, 3.63) is 35.5 Å². The molecule has 1 heterocycles. The fraction of sp³-hybridized carbons (Fsp3) is 0.300. The summed E-state index contributed by atoms with van der Waals surface area (Å²) in [6, 6.07) is 0. The van der Waals surface area contributed by atoms with Crippen LogP contribution in [-0.2, 0) is 0 Å². The van der Waals surface area contributed by atoms with Crippen molar-refractivity contribution in [2.24, 2.45) is 4.99 Å². The second-order valence-corrected chi connectivity index (χ2v) is 3.90. The largest absolute Gasteiger partial charge is 0.343 e. The quantitative estimate of drug-likeness (QED) is 0.694. The SMILES string of the molecule is C=C1CSC(=C)/C(=N\C(C)=C/C)N1. The summed E-state index contributed by atoms with van der Waals surface area (Å²) in [6.45, 7) is 11.7. The van der Waals surface area contributed by atoms with E-state index in [0.717, 1.165) is 27.9 Å². The molecule has 1 aliphatic heterocycles. The molecule has 0 aromatic rings. The lowest BCUT2D eigenvalue weighted by Gasteiger charge is -2.19. The van der Waals surface area contributed by atoms with Gasteiger partial charge in [-0.1, -0.05) is 19.2 Å². The minimum absolute atomic E-state index is 0.830. The van der Waals surface area contributed by atoms with E-state index in [2.05, 4.69) is 23.5 Å². The predicted octanol–water partition coefficient (Wildman–Crippen LogP) is 2.67. The number of hydrogen-bond acceptors (Lipinski definition) is 2. The highest BCUT2D eigenvalue weighted by atomic mass is 32.2. The Hall–Kier alpha value is -0.960. The van der Waals surface area contributed by atoms with Gasteiger partial charge in [-0.15, -0.1) is 11.8 Å². The monoisotopic (exact) mass is 194 g/mol. The summed E-state index contributed by atoms with van der Waals surface area (Å²) in [5.41, 5.74) is 1.97.